The first-order valence-corrected chi connectivity index (χ1v) is 10.8. The highest BCUT2D eigenvalue weighted by Gasteiger charge is 2.31. The van der Waals surface area contributed by atoms with Crippen molar-refractivity contribution >= 4 is 52.0 Å². The monoisotopic (exact) mass is 443 g/mol. The molecule has 1 saturated heterocycles. The van der Waals surface area contributed by atoms with Gasteiger partial charge >= 0.3 is 5.97 Å². The number of unbranched alkanes of at least 4 members (excludes halogenated alkanes) is 2. The fourth-order valence-electron chi connectivity index (χ4n) is 3.00. The van der Waals surface area contributed by atoms with E-state index in [1.54, 1.807) is 29.2 Å². The van der Waals surface area contributed by atoms with Gasteiger partial charge in [0.05, 0.1) is 4.91 Å². The Bertz CT molecular complexity index is 1010. The fourth-order valence-corrected chi connectivity index (χ4v) is 4.29. The minimum absolute atomic E-state index is 0.00518. The average Bonchev–Trinajstić information content (AvgIpc) is 3.27. The maximum atomic E-state index is 12.7. The van der Waals surface area contributed by atoms with Gasteiger partial charge in [-0.1, -0.05) is 54.7 Å². The van der Waals surface area contributed by atoms with Crippen LogP contribution in [0.5, 0.6) is 0 Å². The van der Waals surface area contributed by atoms with E-state index in [0.717, 1.165) is 12.0 Å². The van der Waals surface area contributed by atoms with E-state index in [-0.39, 0.29) is 18.1 Å². The summed E-state index contributed by atoms with van der Waals surface area (Å²) in [4.78, 5) is 36.7. The average molecular weight is 444 g/mol. The molecule has 3 rings (SSSR count). The molecular formula is C22H21NO5S2. The maximum absolute atomic E-state index is 12.7. The molecule has 6 nitrogen and oxygen atoms in total. The lowest BCUT2D eigenvalue weighted by molar-refractivity contribution is -0.137. The lowest BCUT2D eigenvalue weighted by atomic mass is 10.1. The minimum atomic E-state index is -0.809. The number of carbonyl (C=O) groups excluding carboxylic acids is 2. The van der Waals surface area contributed by atoms with E-state index in [1.165, 1.54) is 18.7 Å². The molecule has 1 aromatic carbocycles. The Morgan fingerprint density at radius 3 is 2.53 bits per heavy atom. The zero-order valence-corrected chi connectivity index (χ0v) is 18.1. The summed E-state index contributed by atoms with van der Waals surface area (Å²) in [5.41, 5.74) is 1.48. The number of benzene rings is 1. The van der Waals surface area contributed by atoms with Crippen LogP contribution in [0.15, 0.2) is 45.7 Å². The number of thiocarbonyl (C=S) groups is 1. The SMILES string of the molecule is CC(=O)c1ccc(-c2ccc(/C=C3/SC(=S)N(CCCCCC(=O)O)C3=O)o2)cc1. The fraction of sp³-hybridized carbons (Fsp3) is 0.273. The number of thioether (sulfide) groups is 1. The molecule has 0 spiro atoms. The first kappa shape index (κ1) is 22.0. The number of ketones is 1. The van der Waals surface area contributed by atoms with Crippen LogP contribution in [0.4, 0.5) is 0 Å². The number of amides is 1. The number of hydrogen-bond donors (Lipinski definition) is 1. The third-order valence-electron chi connectivity index (χ3n) is 4.62. The molecule has 0 radical (unpaired) electrons. The number of carbonyl (C=O) groups is 3. The second-order valence-corrected chi connectivity index (χ2v) is 8.55. The second-order valence-electron chi connectivity index (χ2n) is 6.87. The number of carboxylic acid groups (broad SMARTS) is 1. The summed E-state index contributed by atoms with van der Waals surface area (Å²) in [6, 6.07) is 10.7. The number of carboxylic acids is 1. The van der Waals surface area contributed by atoms with Crippen molar-refractivity contribution in [2.75, 3.05) is 6.54 Å². The van der Waals surface area contributed by atoms with Gasteiger partial charge in [0.1, 0.15) is 15.8 Å². The molecule has 0 aliphatic carbocycles. The minimum Gasteiger partial charge on any atom is -0.481 e. The predicted molar refractivity (Wildman–Crippen MR) is 120 cm³/mol. The maximum Gasteiger partial charge on any atom is 0.303 e. The summed E-state index contributed by atoms with van der Waals surface area (Å²) in [6.07, 6.45) is 3.83. The molecule has 1 aromatic heterocycles. The van der Waals surface area contributed by atoms with Crippen LogP contribution in [0, 0.1) is 0 Å². The molecular weight excluding hydrogens is 422 g/mol. The van der Waals surface area contributed by atoms with Crippen molar-refractivity contribution in [1.82, 2.24) is 4.90 Å². The van der Waals surface area contributed by atoms with Crippen molar-refractivity contribution in [2.45, 2.75) is 32.6 Å². The highest BCUT2D eigenvalue weighted by molar-refractivity contribution is 8.26. The third kappa shape index (κ3) is 5.46. The summed E-state index contributed by atoms with van der Waals surface area (Å²) in [5, 5.41) is 8.67. The van der Waals surface area contributed by atoms with Crippen LogP contribution in [-0.2, 0) is 9.59 Å². The van der Waals surface area contributed by atoms with Crippen LogP contribution in [0.1, 0.15) is 48.7 Å². The predicted octanol–water partition coefficient (Wildman–Crippen LogP) is 5.00. The molecule has 1 fully saturated rings. The van der Waals surface area contributed by atoms with Crippen LogP contribution < -0.4 is 0 Å². The molecule has 2 aromatic rings. The van der Waals surface area contributed by atoms with Gasteiger partial charge in [-0.25, -0.2) is 0 Å². The zero-order chi connectivity index (χ0) is 21.7. The number of Topliss-reactive ketones (excluding diaryl/α,β-unsaturated/α-hetero) is 1. The highest BCUT2D eigenvalue weighted by atomic mass is 32.2. The number of aliphatic carboxylic acids is 1. The first-order chi connectivity index (χ1) is 14.3. The van der Waals surface area contributed by atoms with Gasteiger partial charge in [-0.3, -0.25) is 19.3 Å². The smallest absolute Gasteiger partial charge is 0.303 e. The first-order valence-electron chi connectivity index (χ1n) is 9.53. The molecule has 1 amide bonds. The highest BCUT2D eigenvalue weighted by Crippen LogP contribution is 2.34. The molecule has 1 aliphatic heterocycles. The van der Waals surface area contributed by atoms with Crippen LogP contribution in [0.2, 0.25) is 0 Å². The number of rotatable bonds is 9. The van der Waals surface area contributed by atoms with Gasteiger partial charge in [0, 0.05) is 30.2 Å². The van der Waals surface area contributed by atoms with Crippen LogP contribution in [0.25, 0.3) is 17.4 Å². The Labute approximate surface area is 183 Å². The Balaban J connectivity index is 1.63. The van der Waals surface area contributed by atoms with Crippen LogP contribution >= 0.6 is 24.0 Å². The number of furan rings is 1. The van der Waals surface area contributed by atoms with E-state index >= 15 is 0 Å². The van der Waals surface area contributed by atoms with E-state index < -0.39 is 5.97 Å². The molecule has 0 saturated carbocycles. The van der Waals surface area contributed by atoms with Crippen molar-refractivity contribution in [2.24, 2.45) is 0 Å². The van der Waals surface area contributed by atoms with E-state index in [4.69, 9.17) is 21.7 Å². The topological polar surface area (TPSA) is 87.8 Å². The van der Waals surface area contributed by atoms with Gasteiger partial charge < -0.3 is 9.52 Å². The summed E-state index contributed by atoms with van der Waals surface area (Å²) in [6.45, 7) is 2.00. The lowest BCUT2D eigenvalue weighted by Crippen LogP contribution is -2.29. The molecule has 0 atom stereocenters. The molecule has 30 heavy (non-hydrogen) atoms. The van der Waals surface area contributed by atoms with Crippen molar-refractivity contribution in [1.29, 1.82) is 0 Å². The quantitative estimate of drug-likeness (QED) is 0.253. The molecule has 156 valence electrons. The van der Waals surface area contributed by atoms with Gasteiger partial charge in [-0.15, -0.1) is 0 Å². The van der Waals surface area contributed by atoms with E-state index in [2.05, 4.69) is 0 Å². The van der Waals surface area contributed by atoms with Gasteiger partial charge in [0.2, 0.25) is 0 Å². The van der Waals surface area contributed by atoms with Gasteiger partial charge in [-0.05, 0) is 31.9 Å². The summed E-state index contributed by atoms with van der Waals surface area (Å²) in [7, 11) is 0. The van der Waals surface area contributed by atoms with Crippen LogP contribution in [-0.4, -0.2) is 38.5 Å². The largest absolute Gasteiger partial charge is 0.481 e. The zero-order valence-electron chi connectivity index (χ0n) is 16.4. The standard InChI is InChI=1S/C22H21NO5S2/c1-14(24)15-6-8-16(9-7-15)18-11-10-17(28-18)13-19-21(27)23(22(29)30-19)12-4-2-3-5-20(25)26/h6-11,13H,2-5,12H2,1H3,(H,25,26)/b19-13+. The number of nitrogens with zero attached hydrogens (tertiary/aromatic N) is 1. The summed E-state index contributed by atoms with van der Waals surface area (Å²) in [5.74, 6) is 0.224. The summed E-state index contributed by atoms with van der Waals surface area (Å²) >= 11 is 6.55. The molecule has 8 heteroatoms. The van der Waals surface area contributed by atoms with Crippen molar-refractivity contribution in [3.05, 3.63) is 52.6 Å². The van der Waals surface area contributed by atoms with E-state index in [1.807, 2.05) is 18.2 Å². The van der Waals surface area contributed by atoms with Gasteiger partial charge in [-0.2, -0.15) is 0 Å². The van der Waals surface area contributed by atoms with E-state index in [0.29, 0.717) is 45.7 Å². The Morgan fingerprint density at radius 2 is 1.87 bits per heavy atom. The molecule has 1 N–H and O–H groups in total. The number of hydrogen-bond acceptors (Lipinski definition) is 6. The molecule has 1 aliphatic rings. The second kappa shape index (κ2) is 9.86. The Morgan fingerprint density at radius 1 is 1.13 bits per heavy atom. The summed E-state index contributed by atoms with van der Waals surface area (Å²) < 4.78 is 6.34. The van der Waals surface area contributed by atoms with Gasteiger partial charge in [0.15, 0.2) is 5.78 Å². The van der Waals surface area contributed by atoms with E-state index in [9.17, 15) is 14.4 Å². The molecule has 0 bridgehead atoms. The van der Waals surface area contributed by atoms with Crippen molar-refractivity contribution in [3.63, 3.8) is 0 Å². The van der Waals surface area contributed by atoms with Crippen molar-refractivity contribution < 1.29 is 23.9 Å². The lowest BCUT2D eigenvalue weighted by Gasteiger charge is -2.13. The third-order valence-corrected chi connectivity index (χ3v) is 6.00. The van der Waals surface area contributed by atoms with Gasteiger partial charge in [0.25, 0.3) is 5.91 Å². The van der Waals surface area contributed by atoms with Crippen molar-refractivity contribution in [3.8, 4) is 11.3 Å². The molecule has 2 heterocycles. The normalized spacial score (nSPS) is 15.2. The molecule has 0 unspecified atom stereocenters. The Hall–Kier alpha value is -2.71. The Kier molecular flexibility index (Phi) is 7.23. The van der Waals surface area contributed by atoms with Crippen LogP contribution in [0.3, 0.4) is 0 Å².